The maximum absolute atomic E-state index is 14.2. The largest absolute Gasteiger partial charge is 0.481 e. The number of carboxylic acid groups (broad SMARTS) is 1. The molecule has 0 bridgehead atoms. The van der Waals surface area contributed by atoms with E-state index in [0.717, 1.165) is 0 Å². The summed E-state index contributed by atoms with van der Waals surface area (Å²) in [5, 5.41) is 39.1. The average Bonchev–Trinajstić information content (AvgIpc) is 3.96. The number of rotatable bonds is 8. The molecule has 0 fully saturated rings. The predicted molar refractivity (Wildman–Crippen MR) is 216 cm³/mol. The highest BCUT2D eigenvalue weighted by molar-refractivity contribution is 5.94. The molecule has 3 N–H and O–H groups in total. The van der Waals surface area contributed by atoms with Crippen molar-refractivity contribution in [1.29, 1.82) is 0 Å². The number of alkyl halides is 6. The van der Waals surface area contributed by atoms with Gasteiger partial charge in [0.1, 0.15) is 5.60 Å². The quantitative estimate of drug-likeness (QED) is 0.102. The SMILES string of the molecule is Cc1cc(-c2cnn(CCC(=O)O)c2)c2c(c1)C(O)(C(F)(F)F)c1ccccc1-2.Cc1cc(-c2cnn(CCC(=O)OC(C)(C)C)c2)c2c(c1)C(O)(C(F)(F)F)c1ccccc1-2. The molecule has 2 atom stereocenters. The maximum Gasteiger partial charge on any atom is 0.425 e. The summed E-state index contributed by atoms with van der Waals surface area (Å²) in [6.45, 7) is 9.13. The minimum absolute atomic E-state index is 0.112. The molecule has 2 heterocycles. The van der Waals surface area contributed by atoms with Gasteiger partial charge >= 0.3 is 24.3 Å². The zero-order valence-corrected chi connectivity index (χ0v) is 34.2. The molecule has 0 saturated heterocycles. The zero-order chi connectivity index (χ0) is 45.2. The zero-order valence-electron chi connectivity index (χ0n) is 34.2. The predicted octanol–water partition coefficient (Wildman–Crippen LogP) is 9.48. The Labute approximate surface area is 352 Å². The number of nitrogens with zero attached hydrogens (tertiary/aromatic N) is 4. The number of aliphatic carboxylic acids is 1. The van der Waals surface area contributed by atoms with E-state index >= 15 is 0 Å². The molecule has 2 aliphatic rings. The summed E-state index contributed by atoms with van der Waals surface area (Å²) in [6, 6.07) is 18.3. The van der Waals surface area contributed by atoms with Crippen LogP contribution in [0, 0.1) is 13.8 Å². The monoisotopic (exact) mass is 860 g/mol. The van der Waals surface area contributed by atoms with Crippen LogP contribution in [0.5, 0.6) is 0 Å². The van der Waals surface area contributed by atoms with Gasteiger partial charge in [-0.05, 0) is 68.0 Å². The van der Waals surface area contributed by atoms with Gasteiger partial charge in [0.05, 0.1) is 38.3 Å². The van der Waals surface area contributed by atoms with E-state index in [2.05, 4.69) is 10.2 Å². The molecule has 8 rings (SSSR count). The Kier molecular flexibility index (Phi) is 11.0. The molecule has 4 aromatic carbocycles. The van der Waals surface area contributed by atoms with E-state index in [-0.39, 0.29) is 54.2 Å². The van der Waals surface area contributed by atoms with Gasteiger partial charge < -0.3 is 20.1 Å². The second-order valence-corrected chi connectivity index (χ2v) is 16.4. The summed E-state index contributed by atoms with van der Waals surface area (Å²) in [7, 11) is 0. The number of carbonyl (C=O) groups is 2. The van der Waals surface area contributed by atoms with Crippen LogP contribution < -0.4 is 0 Å². The second kappa shape index (κ2) is 15.6. The highest BCUT2D eigenvalue weighted by atomic mass is 19.4. The third-order valence-electron chi connectivity index (χ3n) is 10.7. The number of esters is 1. The number of aromatic nitrogens is 4. The Morgan fingerprint density at radius 2 is 1.03 bits per heavy atom. The molecular formula is C46H42F6N4O6. The van der Waals surface area contributed by atoms with E-state index in [0.29, 0.717) is 55.6 Å². The van der Waals surface area contributed by atoms with Crippen molar-refractivity contribution >= 4 is 11.9 Å². The molecule has 0 aliphatic heterocycles. The van der Waals surface area contributed by atoms with Crippen LogP contribution in [-0.2, 0) is 38.6 Å². The van der Waals surface area contributed by atoms with Crippen molar-refractivity contribution in [2.45, 2.75) is 89.7 Å². The van der Waals surface area contributed by atoms with Gasteiger partial charge in [-0.25, -0.2) is 0 Å². The van der Waals surface area contributed by atoms with Gasteiger partial charge in [0, 0.05) is 45.8 Å². The van der Waals surface area contributed by atoms with Gasteiger partial charge in [-0.15, -0.1) is 0 Å². The summed E-state index contributed by atoms with van der Waals surface area (Å²) >= 11 is 0. The molecule has 0 spiro atoms. The number of ether oxygens (including phenoxy) is 1. The van der Waals surface area contributed by atoms with Gasteiger partial charge in [0.25, 0.3) is 0 Å². The number of aliphatic hydroxyl groups is 2. The van der Waals surface area contributed by atoms with Crippen LogP contribution in [0.15, 0.2) is 97.6 Å². The average molecular weight is 861 g/mol. The van der Waals surface area contributed by atoms with Crippen LogP contribution in [0.3, 0.4) is 0 Å². The highest BCUT2D eigenvalue weighted by Gasteiger charge is 2.62. The first-order chi connectivity index (χ1) is 28.9. The fraction of sp³-hybridized carbons (Fsp3) is 0.304. The van der Waals surface area contributed by atoms with Crippen molar-refractivity contribution in [2.24, 2.45) is 0 Å². The molecule has 16 heteroatoms. The van der Waals surface area contributed by atoms with Gasteiger partial charge in [-0.3, -0.25) is 19.0 Å². The first-order valence-electron chi connectivity index (χ1n) is 19.5. The maximum atomic E-state index is 14.2. The molecule has 10 nitrogen and oxygen atoms in total. The molecule has 2 aliphatic carbocycles. The Hall–Kier alpha value is -6.26. The number of halogens is 6. The highest BCUT2D eigenvalue weighted by Crippen LogP contribution is 2.59. The molecule has 62 heavy (non-hydrogen) atoms. The van der Waals surface area contributed by atoms with Crippen LogP contribution in [-0.4, -0.2) is 64.8 Å². The molecule has 0 amide bonds. The van der Waals surface area contributed by atoms with Crippen molar-refractivity contribution in [3.63, 3.8) is 0 Å². The lowest BCUT2D eigenvalue weighted by Gasteiger charge is -2.28. The van der Waals surface area contributed by atoms with E-state index in [1.165, 1.54) is 47.3 Å². The summed E-state index contributed by atoms with van der Waals surface area (Å²) in [4.78, 5) is 22.8. The normalized spacial score (nSPS) is 17.7. The number of carbonyl (C=O) groups excluding carboxylic acids is 1. The second-order valence-electron chi connectivity index (χ2n) is 16.4. The number of aryl methyl sites for hydroxylation is 4. The molecule has 2 unspecified atom stereocenters. The topological polar surface area (TPSA) is 140 Å². The third-order valence-corrected chi connectivity index (χ3v) is 10.7. The van der Waals surface area contributed by atoms with Crippen LogP contribution in [0.2, 0.25) is 0 Å². The number of carboxylic acids is 1. The number of hydrogen-bond acceptors (Lipinski definition) is 7. The van der Waals surface area contributed by atoms with Crippen molar-refractivity contribution in [3.8, 4) is 44.5 Å². The lowest BCUT2D eigenvalue weighted by Crippen LogP contribution is -2.41. The third kappa shape index (κ3) is 7.77. The van der Waals surface area contributed by atoms with Crippen LogP contribution in [0.1, 0.15) is 67.0 Å². The Morgan fingerprint density at radius 3 is 1.42 bits per heavy atom. The number of hydrogen-bond donors (Lipinski definition) is 3. The molecule has 324 valence electrons. The Balaban J connectivity index is 0.000000188. The van der Waals surface area contributed by atoms with Crippen molar-refractivity contribution in [1.82, 2.24) is 19.6 Å². The lowest BCUT2D eigenvalue weighted by atomic mass is 9.88. The lowest BCUT2D eigenvalue weighted by molar-refractivity contribution is -0.247. The standard InChI is InChI=1S/C25H25F3N2O3.C21H17F3N2O3/c1-15-11-18(16-13-29-30(14-16)10-9-21(31)33-23(2,3)4)22-17-7-5-6-8-19(17)24(32,20(22)12-15)25(26,27)28;1-12-8-15(13-10-25-26(11-13)7-6-18(27)28)19-14-4-2-3-5-16(14)20(29,17(19)9-12)21(22,23)24/h5-8,11-14,32H,9-10H2,1-4H3;2-5,8-11,29H,6-7H2,1H3,(H,27,28). The fourth-order valence-electron chi connectivity index (χ4n) is 8.17. The summed E-state index contributed by atoms with van der Waals surface area (Å²) in [6.07, 6.45) is -3.46. The van der Waals surface area contributed by atoms with E-state index in [4.69, 9.17) is 9.84 Å². The summed E-state index contributed by atoms with van der Waals surface area (Å²) in [5.74, 6) is -1.33. The first-order valence-corrected chi connectivity index (χ1v) is 19.5. The molecule has 0 radical (unpaired) electrons. The number of benzene rings is 4. The Bertz CT molecular complexity index is 2710. The molecular weight excluding hydrogens is 819 g/mol. The van der Waals surface area contributed by atoms with Crippen LogP contribution in [0.4, 0.5) is 26.3 Å². The van der Waals surface area contributed by atoms with Gasteiger partial charge in [-0.2, -0.15) is 36.5 Å². The van der Waals surface area contributed by atoms with Gasteiger partial charge in [0.15, 0.2) is 0 Å². The Morgan fingerprint density at radius 1 is 0.629 bits per heavy atom. The summed E-state index contributed by atoms with van der Waals surface area (Å²) in [5.41, 5.74) is -2.91. The van der Waals surface area contributed by atoms with Crippen LogP contribution in [0.25, 0.3) is 44.5 Å². The fourth-order valence-corrected chi connectivity index (χ4v) is 8.17. The van der Waals surface area contributed by atoms with E-state index in [1.54, 1.807) is 94.3 Å². The van der Waals surface area contributed by atoms with E-state index in [1.807, 2.05) is 0 Å². The van der Waals surface area contributed by atoms with E-state index in [9.17, 15) is 46.1 Å². The van der Waals surface area contributed by atoms with Gasteiger partial charge in [0.2, 0.25) is 11.2 Å². The number of fused-ring (bicyclic) bond motifs is 6. The van der Waals surface area contributed by atoms with Gasteiger partial charge in [-0.1, -0.05) is 83.9 Å². The smallest absolute Gasteiger partial charge is 0.425 e. The van der Waals surface area contributed by atoms with E-state index < -0.39 is 35.1 Å². The minimum atomic E-state index is -4.90. The summed E-state index contributed by atoms with van der Waals surface area (Å²) < 4.78 is 92.9. The molecule has 2 aromatic heterocycles. The van der Waals surface area contributed by atoms with Crippen molar-refractivity contribution in [2.75, 3.05) is 0 Å². The molecule has 6 aromatic rings. The minimum Gasteiger partial charge on any atom is -0.481 e. The first kappa shape index (κ1) is 43.8. The molecule has 0 saturated carbocycles. The van der Waals surface area contributed by atoms with Crippen LogP contribution >= 0.6 is 0 Å². The van der Waals surface area contributed by atoms with Crippen molar-refractivity contribution in [3.05, 3.63) is 131 Å². The van der Waals surface area contributed by atoms with Crippen molar-refractivity contribution < 1.29 is 56.0 Å².